The lowest BCUT2D eigenvalue weighted by molar-refractivity contribution is 1.13. The van der Waals surface area contributed by atoms with Crippen molar-refractivity contribution in [1.29, 1.82) is 10.7 Å². The second-order valence-corrected chi connectivity index (χ2v) is 13.8. The minimum atomic E-state index is 0.106. The molecule has 0 bridgehead atoms. The summed E-state index contributed by atoms with van der Waals surface area (Å²) in [7, 11) is 0. The average Bonchev–Trinajstić information content (AvgIpc) is 3.58. The van der Waals surface area contributed by atoms with E-state index in [0.717, 1.165) is 45.4 Å². The molecule has 0 saturated carbocycles. The molecule has 10 rings (SSSR count). The number of nitriles is 1. The monoisotopic (exact) mass is 704 g/mol. The van der Waals surface area contributed by atoms with Crippen LogP contribution in [0.3, 0.4) is 0 Å². The van der Waals surface area contributed by atoms with E-state index >= 15 is 0 Å². The van der Waals surface area contributed by atoms with E-state index in [1.165, 1.54) is 48.7 Å². The number of amidine groups is 1. The maximum absolute atomic E-state index is 9.98. The van der Waals surface area contributed by atoms with Gasteiger partial charge < -0.3 is 10.3 Å². The van der Waals surface area contributed by atoms with Gasteiger partial charge in [-0.3, -0.25) is 5.41 Å². The molecule has 0 aliphatic rings. The Hall–Kier alpha value is -7.48. The standard InChI is InChI=1S/C38H24N2.C13H12N2/c39-24-27-20-26(21-28(22-27)40-37-15-7-5-13-34(37)35-14-6-8-16-38(35)40)19-25-17-18-33-31-11-2-1-9-29(31)30-10-3-4-12-32(30)36(33)23-25;14-13(15)12-9-5-4-8-11(12)10-6-2-1-3-7-10/h1-18,20-23H,19H2;1-9H,(H3,14,15). The minimum absolute atomic E-state index is 0.106. The Labute approximate surface area is 319 Å². The molecule has 0 radical (unpaired) electrons. The number of hydrogen-bond donors (Lipinski definition) is 2. The minimum Gasteiger partial charge on any atom is -0.384 e. The van der Waals surface area contributed by atoms with Gasteiger partial charge in [0.1, 0.15) is 5.84 Å². The van der Waals surface area contributed by atoms with Gasteiger partial charge in [-0.05, 0) is 91.3 Å². The van der Waals surface area contributed by atoms with Crippen molar-refractivity contribution in [1.82, 2.24) is 4.57 Å². The molecule has 4 nitrogen and oxygen atoms in total. The van der Waals surface area contributed by atoms with Crippen molar-refractivity contribution in [2.75, 3.05) is 0 Å². The first-order valence-corrected chi connectivity index (χ1v) is 18.4. The van der Waals surface area contributed by atoms with Crippen molar-refractivity contribution in [2.24, 2.45) is 5.73 Å². The van der Waals surface area contributed by atoms with E-state index in [2.05, 4.69) is 132 Å². The van der Waals surface area contributed by atoms with Crippen LogP contribution in [0.15, 0.2) is 188 Å². The van der Waals surface area contributed by atoms with E-state index in [1.54, 1.807) is 0 Å². The third-order valence-electron chi connectivity index (χ3n) is 10.5. The Balaban J connectivity index is 0.000000223. The molecule has 3 N–H and O–H groups in total. The molecule has 0 saturated heterocycles. The number of rotatable bonds is 5. The normalized spacial score (nSPS) is 11.1. The molecule has 0 spiro atoms. The molecule has 1 aromatic heterocycles. The molecule has 0 amide bonds. The number of para-hydroxylation sites is 2. The number of benzene rings is 9. The highest BCUT2D eigenvalue weighted by molar-refractivity contribution is 6.25. The molecule has 0 aliphatic carbocycles. The van der Waals surface area contributed by atoms with Gasteiger partial charge in [0, 0.05) is 22.0 Å². The number of hydrogen-bond acceptors (Lipinski definition) is 2. The van der Waals surface area contributed by atoms with Crippen LogP contribution < -0.4 is 5.73 Å². The zero-order valence-corrected chi connectivity index (χ0v) is 30.1. The Bertz CT molecular complexity index is 3020. The van der Waals surface area contributed by atoms with Crippen LogP contribution in [0.2, 0.25) is 0 Å². The third-order valence-corrected chi connectivity index (χ3v) is 10.5. The molecule has 260 valence electrons. The number of fused-ring (bicyclic) bond motifs is 9. The Morgan fingerprint density at radius 1 is 0.491 bits per heavy atom. The maximum atomic E-state index is 9.98. The smallest absolute Gasteiger partial charge is 0.123 e. The van der Waals surface area contributed by atoms with Crippen LogP contribution in [0.25, 0.3) is 70.9 Å². The van der Waals surface area contributed by atoms with Gasteiger partial charge in [0.2, 0.25) is 0 Å². The van der Waals surface area contributed by atoms with E-state index in [1.807, 2.05) is 66.7 Å². The van der Waals surface area contributed by atoms with Crippen molar-refractivity contribution >= 4 is 60.0 Å². The van der Waals surface area contributed by atoms with Crippen LogP contribution in [0.5, 0.6) is 0 Å². The SMILES string of the molecule is N#Cc1cc(Cc2ccc3c4ccccc4c4ccccc4c3c2)cc(-n2c3ccccc3c3ccccc32)c1.N=C(N)c1ccccc1-c1ccccc1. The van der Waals surface area contributed by atoms with Gasteiger partial charge in [-0.15, -0.1) is 0 Å². The van der Waals surface area contributed by atoms with Gasteiger partial charge in [-0.1, -0.05) is 158 Å². The number of nitrogen functional groups attached to an aromatic ring is 1. The van der Waals surface area contributed by atoms with Crippen molar-refractivity contribution in [3.05, 3.63) is 210 Å². The molecule has 55 heavy (non-hydrogen) atoms. The Kier molecular flexibility index (Phi) is 8.59. The zero-order chi connectivity index (χ0) is 37.3. The van der Waals surface area contributed by atoms with Crippen molar-refractivity contribution in [3.63, 3.8) is 0 Å². The van der Waals surface area contributed by atoms with Crippen LogP contribution in [0, 0.1) is 16.7 Å². The summed E-state index contributed by atoms with van der Waals surface area (Å²) < 4.78 is 2.29. The fourth-order valence-corrected chi connectivity index (χ4v) is 8.06. The summed E-state index contributed by atoms with van der Waals surface area (Å²) in [6, 6.07) is 67.5. The van der Waals surface area contributed by atoms with E-state index in [0.29, 0.717) is 5.56 Å². The average molecular weight is 705 g/mol. The predicted molar refractivity (Wildman–Crippen MR) is 230 cm³/mol. The van der Waals surface area contributed by atoms with E-state index in [-0.39, 0.29) is 5.84 Å². The second kappa shape index (κ2) is 14.2. The first-order chi connectivity index (χ1) is 27.1. The van der Waals surface area contributed by atoms with Gasteiger partial charge in [0.05, 0.1) is 22.7 Å². The number of nitrogens with two attached hydrogens (primary N) is 1. The van der Waals surface area contributed by atoms with Crippen LogP contribution in [0.4, 0.5) is 0 Å². The topological polar surface area (TPSA) is 78.6 Å². The fraction of sp³-hybridized carbons (Fsp3) is 0.0196. The van der Waals surface area contributed by atoms with E-state index in [4.69, 9.17) is 11.1 Å². The summed E-state index contributed by atoms with van der Waals surface area (Å²) in [6.07, 6.45) is 0.747. The summed E-state index contributed by atoms with van der Waals surface area (Å²) >= 11 is 0. The fourth-order valence-electron chi connectivity index (χ4n) is 8.06. The highest BCUT2D eigenvalue weighted by atomic mass is 15.0. The quantitative estimate of drug-likeness (QED) is 0.106. The molecule has 0 unspecified atom stereocenters. The molecule has 0 aliphatic heterocycles. The number of nitrogens with zero attached hydrogens (tertiary/aromatic N) is 2. The molecular formula is C51H36N4. The van der Waals surface area contributed by atoms with Crippen LogP contribution in [0.1, 0.15) is 22.3 Å². The van der Waals surface area contributed by atoms with Crippen LogP contribution in [-0.4, -0.2) is 10.4 Å². The summed E-state index contributed by atoms with van der Waals surface area (Å²) in [5.74, 6) is 0.106. The highest BCUT2D eigenvalue weighted by Crippen LogP contribution is 2.36. The van der Waals surface area contributed by atoms with Gasteiger partial charge in [-0.25, -0.2) is 0 Å². The first-order valence-electron chi connectivity index (χ1n) is 18.4. The van der Waals surface area contributed by atoms with E-state index < -0.39 is 0 Å². The van der Waals surface area contributed by atoms with Gasteiger partial charge >= 0.3 is 0 Å². The zero-order valence-electron chi connectivity index (χ0n) is 30.1. The Morgan fingerprint density at radius 3 is 1.60 bits per heavy atom. The van der Waals surface area contributed by atoms with Crippen molar-refractivity contribution in [3.8, 4) is 22.9 Å². The number of nitrogens with one attached hydrogen (secondary N) is 1. The highest BCUT2D eigenvalue weighted by Gasteiger charge is 2.14. The second-order valence-electron chi connectivity index (χ2n) is 13.8. The lowest BCUT2D eigenvalue weighted by Crippen LogP contribution is -2.12. The molecule has 10 aromatic rings. The lowest BCUT2D eigenvalue weighted by Gasteiger charge is -2.13. The summed E-state index contributed by atoms with van der Waals surface area (Å²) in [6.45, 7) is 0. The summed E-state index contributed by atoms with van der Waals surface area (Å²) in [5.41, 5.74) is 14.8. The molecule has 0 fully saturated rings. The van der Waals surface area contributed by atoms with Gasteiger partial charge in [0.25, 0.3) is 0 Å². The largest absolute Gasteiger partial charge is 0.384 e. The Morgan fingerprint density at radius 2 is 1.00 bits per heavy atom. The maximum Gasteiger partial charge on any atom is 0.123 e. The van der Waals surface area contributed by atoms with E-state index in [9.17, 15) is 5.26 Å². The van der Waals surface area contributed by atoms with Gasteiger partial charge in [-0.2, -0.15) is 5.26 Å². The van der Waals surface area contributed by atoms with Crippen LogP contribution >= 0.6 is 0 Å². The first kappa shape index (κ1) is 33.4. The molecule has 1 heterocycles. The molecular weight excluding hydrogens is 669 g/mol. The summed E-state index contributed by atoms with van der Waals surface area (Å²) in [5, 5.41) is 27.6. The molecule has 4 heteroatoms. The molecule has 0 atom stereocenters. The van der Waals surface area contributed by atoms with Gasteiger partial charge in [0.15, 0.2) is 0 Å². The predicted octanol–water partition coefficient (Wildman–Crippen LogP) is 12.3. The van der Waals surface area contributed by atoms with Crippen molar-refractivity contribution < 1.29 is 0 Å². The summed E-state index contributed by atoms with van der Waals surface area (Å²) in [4.78, 5) is 0. The number of aromatic nitrogens is 1. The van der Waals surface area contributed by atoms with Crippen molar-refractivity contribution in [2.45, 2.75) is 6.42 Å². The lowest BCUT2D eigenvalue weighted by atomic mass is 9.92. The van der Waals surface area contributed by atoms with Crippen LogP contribution in [-0.2, 0) is 6.42 Å². The third kappa shape index (κ3) is 6.14. The molecule has 9 aromatic carbocycles.